The second-order valence-electron chi connectivity index (χ2n) is 5.37. The molecule has 1 aromatic carbocycles. The minimum atomic E-state index is -0.744. The van der Waals surface area contributed by atoms with Crippen LogP contribution in [0.3, 0.4) is 0 Å². The van der Waals surface area contributed by atoms with E-state index < -0.39 is 5.97 Å². The minimum absolute atomic E-state index is 0.172. The van der Waals surface area contributed by atoms with Gasteiger partial charge in [0.25, 0.3) is 0 Å². The molecule has 0 bridgehead atoms. The average molecular weight is 277 g/mol. The quantitative estimate of drug-likeness (QED) is 0.899. The monoisotopic (exact) mass is 277 g/mol. The molecular weight excluding hydrogens is 254 g/mol. The van der Waals surface area contributed by atoms with Crippen molar-refractivity contribution in [2.24, 2.45) is 0 Å². The van der Waals surface area contributed by atoms with Crippen LogP contribution in [0, 0.1) is 6.92 Å². The summed E-state index contributed by atoms with van der Waals surface area (Å²) < 4.78 is 5.51. The second-order valence-corrected chi connectivity index (χ2v) is 5.37. The molecule has 1 unspecified atom stereocenters. The van der Waals surface area contributed by atoms with Gasteiger partial charge in [-0.25, -0.2) is 0 Å². The molecule has 0 spiro atoms. The number of nitrogens with zero attached hydrogens (tertiary/aromatic N) is 1. The molecule has 0 aliphatic carbocycles. The fourth-order valence-corrected chi connectivity index (χ4v) is 2.67. The van der Waals surface area contributed by atoms with Gasteiger partial charge in [0.05, 0.1) is 6.42 Å². The number of aryl methyl sites for hydroxylation is 1. The number of carboxylic acid groups (broad SMARTS) is 1. The first-order chi connectivity index (χ1) is 9.66. The molecule has 1 aromatic rings. The van der Waals surface area contributed by atoms with Gasteiger partial charge in [0.2, 0.25) is 0 Å². The summed E-state index contributed by atoms with van der Waals surface area (Å²) in [5, 5.41) is 8.96. The zero-order valence-corrected chi connectivity index (χ0v) is 12.0. The highest BCUT2D eigenvalue weighted by Gasteiger charge is 2.21. The third kappa shape index (κ3) is 4.23. The molecule has 2 rings (SSSR count). The van der Waals surface area contributed by atoms with Crippen LogP contribution in [-0.4, -0.2) is 36.9 Å². The van der Waals surface area contributed by atoms with Crippen molar-refractivity contribution in [1.29, 1.82) is 0 Å². The molecule has 0 aromatic heterocycles. The molecule has 110 valence electrons. The zero-order valence-electron chi connectivity index (χ0n) is 12.0. The van der Waals surface area contributed by atoms with E-state index in [1.54, 1.807) is 0 Å². The number of ether oxygens (including phenoxy) is 1. The summed E-state index contributed by atoms with van der Waals surface area (Å²) >= 11 is 0. The van der Waals surface area contributed by atoms with Crippen molar-refractivity contribution in [3.05, 3.63) is 29.8 Å². The number of aliphatic carboxylic acids is 1. The van der Waals surface area contributed by atoms with Gasteiger partial charge in [-0.05, 0) is 38.3 Å². The molecule has 0 radical (unpaired) electrons. The van der Waals surface area contributed by atoms with E-state index in [1.165, 1.54) is 5.56 Å². The lowest BCUT2D eigenvalue weighted by molar-refractivity contribution is -0.136. The topological polar surface area (TPSA) is 49.8 Å². The van der Waals surface area contributed by atoms with Crippen molar-refractivity contribution in [3.8, 4) is 0 Å². The largest absolute Gasteiger partial charge is 0.481 e. The maximum atomic E-state index is 10.9. The van der Waals surface area contributed by atoms with Gasteiger partial charge in [-0.2, -0.15) is 0 Å². The van der Waals surface area contributed by atoms with Crippen molar-refractivity contribution in [3.63, 3.8) is 0 Å². The number of rotatable bonds is 5. The normalized spacial score (nSPS) is 19.4. The summed E-state index contributed by atoms with van der Waals surface area (Å²) in [6.07, 6.45) is 3.24. The molecule has 1 heterocycles. The fourth-order valence-electron chi connectivity index (χ4n) is 2.67. The van der Waals surface area contributed by atoms with Crippen LogP contribution >= 0.6 is 0 Å². The van der Waals surface area contributed by atoms with Crippen molar-refractivity contribution >= 4 is 11.7 Å². The predicted molar refractivity (Wildman–Crippen MR) is 79.2 cm³/mol. The number of anilines is 1. The predicted octanol–water partition coefficient (Wildman–Crippen LogP) is 2.85. The van der Waals surface area contributed by atoms with E-state index in [9.17, 15) is 4.79 Å². The summed E-state index contributed by atoms with van der Waals surface area (Å²) in [5.74, 6) is -0.744. The number of hydrogen-bond acceptors (Lipinski definition) is 3. The van der Waals surface area contributed by atoms with Crippen LogP contribution in [0.2, 0.25) is 0 Å². The smallest absolute Gasteiger partial charge is 0.305 e. The Kier molecular flexibility index (Phi) is 5.41. The van der Waals surface area contributed by atoms with Gasteiger partial charge < -0.3 is 14.7 Å². The standard InChI is InChI=1S/C16H23NO3/c1-13-4-6-15(7-5-13)17(10-8-16(18)19)14-3-2-11-20-12-9-14/h4-7,14H,2-3,8-12H2,1H3,(H,18,19). The van der Waals surface area contributed by atoms with Gasteiger partial charge in [-0.15, -0.1) is 0 Å². The third-order valence-electron chi connectivity index (χ3n) is 3.79. The maximum absolute atomic E-state index is 10.9. The molecule has 1 atom stereocenters. The SMILES string of the molecule is Cc1ccc(N(CCC(=O)O)C2CCCOCC2)cc1. The molecule has 1 aliphatic heterocycles. The molecule has 0 amide bonds. The highest BCUT2D eigenvalue weighted by Crippen LogP contribution is 2.24. The Morgan fingerprint density at radius 3 is 2.75 bits per heavy atom. The summed E-state index contributed by atoms with van der Waals surface area (Å²) in [6.45, 7) is 4.20. The first-order valence-electron chi connectivity index (χ1n) is 7.29. The van der Waals surface area contributed by atoms with Crippen molar-refractivity contribution in [1.82, 2.24) is 0 Å². The Balaban J connectivity index is 2.13. The Bertz CT molecular complexity index is 422. The van der Waals surface area contributed by atoms with E-state index >= 15 is 0 Å². The lowest BCUT2D eigenvalue weighted by atomic mass is 10.1. The Morgan fingerprint density at radius 2 is 2.05 bits per heavy atom. The molecule has 1 aliphatic rings. The number of hydrogen-bond donors (Lipinski definition) is 1. The van der Waals surface area contributed by atoms with Gasteiger partial charge in [0, 0.05) is 31.5 Å². The van der Waals surface area contributed by atoms with E-state index in [0.29, 0.717) is 12.6 Å². The van der Waals surface area contributed by atoms with Crippen LogP contribution < -0.4 is 4.90 Å². The Labute approximate surface area is 120 Å². The van der Waals surface area contributed by atoms with E-state index in [1.807, 2.05) is 0 Å². The van der Waals surface area contributed by atoms with Gasteiger partial charge in [0.1, 0.15) is 0 Å². The Morgan fingerprint density at radius 1 is 1.30 bits per heavy atom. The van der Waals surface area contributed by atoms with E-state index in [-0.39, 0.29) is 6.42 Å². The fraction of sp³-hybridized carbons (Fsp3) is 0.562. The Hall–Kier alpha value is -1.55. The van der Waals surface area contributed by atoms with E-state index in [4.69, 9.17) is 9.84 Å². The average Bonchev–Trinajstić information content (AvgIpc) is 2.70. The van der Waals surface area contributed by atoms with E-state index in [2.05, 4.69) is 36.1 Å². The number of carboxylic acids is 1. The first kappa shape index (κ1) is 14.9. The highest BCUT2D eigenvalue weighted by atomic mass is 16.5. The van der Waals surface area contributed by atoms with Crippen molar-refractivity contribution < 1.29 is 14.6 Å². The molecule has 0 saturated carbocycles. The van der Waals surface area contributed by atoms with Crippen LogP contribution in [0.25, 0.3) is 0 Å². The highest BCUT2D eigenvalue weighted by molar-refractivity contribution is 5.67. The van der Waals surface area contributed by atoms with Gasteiger partial charge in [0.15, 0.2) is 0 Å². The summed E-state index contributed by atoms with van der Waals surface area (Å²) in [4.78, 5) is 13.1. The molecule has 4 nitrogen and oxygen atoms in total. The van der Waals surface area contributed by atoms with Gasteiger partial charge in [-0.1, -0.05) is 17.7 Å². The van der Waals surface area contributed by atoms with E-state index in [0.717, 1.165) is 38.2 Å². The van der Waals surface area contributed by atoms with Crippen LogP contribution in [0.1, 0.15) is 31.2 Å². The lowest BCUT2D eigenvalue weighted by Crippen LogP contribution is -2.37. The second kappa shape index (κ2) is 7.29. The third-order valence-corrected chi connectivity index (χ3v) is 3.79. The molecule has 20 heavy (non-hydrogen) atoms. The zero-order chi connectivity index (χ0) is 14.4. The van der Waals surface area contributed by atoms with Crippen LogP contribution in [0.4, 0.5) is 5.69 Å². The molecule has 1 N–H and O–H groups in total. The number of carbonyl (C=O) groups is 1. The lowest BCUT2D eigenvalue weighted by Gasteiger charge is -2.32. The van der Waals surface area contributed by atoms with Crippen molar-refractivity contribution in [2.75, 3.05) is 24.7 Å². The molecule has 1 fully saturated rings. The summed E-state index contributed by atoms with van der Waals surface area (Å²) in [6, 6.07) is 8.71. The van der Waals surface area contributed by atoms with Gasteiger partial charge >= 0.3 is 5.97 Å². The molecule has 1 saturated heterocycles. The molecular formula is C16H23NO3. The van der Waals surface area contributed by atoms with Crippen LogP contribution in [-0.2, 0) is 9.53 Å². The molecule has 4 heteroatoms. The summed E-state index contributed by atoms with van der Waals surface area (Å²) in [7, 11) is 0. The summed E-state index contributed by atoms with van der Waals surface area (Å²) in [5.41, 5.74) is 2.33. The van der Waals surface area contributed by atoms with Gasteiger partial charge in [-0.3, -0.25) is 4.79 Å². The maximum Gasteiger partial charge on any atom is 0.305 e. The number of benzene rings is 1. The van der Waals surface area contributed by atoms with Crippen molar-refractivity contribution in [2.45, 2.75) is 38.6 Å². The van der Waals surface area contributed by atoms with Crippen LogP contribution in [0.5, 0.6) is 0 Å². The van der Waals surface area contributed by atoms with Crippen LogP contribution in [0.15, 0.2) is 24.3 Å². The first-order valence-corrected chi connectivity index (χ1v) is 7.29. The minimum Gasteiger partial charge on any atom is -0.481 e.